The summed E-state index contributed by atoms with van der Waals surface area (Å²) in [6.07, 6.45) is 0. The van der Waals surface area contributed by atoms with E-state index < -0.39 is 0 Å². The molecule has 3 N–H and O–H groups in total. The Labute approximate surface area is 192 Å². The predicted molar refractivity (Wildman–Crippen MR) is 134 cm³/mol. The number of fused-ring (bicyclic) bond motifs is 1. The lowest BCUT2D eigenvalue weighted by Crippen LogP contribution is -2.28. The van der Waals surface area contributed by atoms with Gasteiger partial charge in [0, 0.05) is 17.8 Å². The van der Waals surface area contributed by atoms with Crippen LogP contribution in [0.15, 0.2) is 97.1 Å². The normalized spacial score (nSPS) is 10.8. The van der Waals surface area contributed by atoms with E-state index in [2.05, 4.69) is 46.8 Å². The minimum Gasteiger partial charge on any atom is -0.338 e. The first-order valence-corrected chi connectivity index (χ1v) is 10.9. The zero-order valence-electron chi connectivity index (χ0n) is 18.3. The lowest BCUT2D eigenvalue weighted by atomic mass is 10.0. The second kappa shape index (κ2) is 9.01. The summed E-state index contributed by atoms with van der Waals surface area (Å²) in [6, 6.07) is 31.9. The van der Waals surface area contributed by atoms with Crippen LogP contribution in [0, 0.1) is 6.92 Å². The van der Waals surface area contributed by atoms with Crippen LogP contribution in [0.25, 0.3) is 33.5 Å². The molecule has 1 heterocycles. The molecule has 0 saturated heterocycles. The molecule has 0 saturated carbocycles. The van der Waals surface area contributed by atoms with Gasteiger partial charge >= 0.3 is 6.03 Å². The molecule has 5 rings (SSSR count). The number of H-pyrrole nitrogens is 1. The number of rotatable bonds is 5. The third kappa shape index (κ3) is 4.62. The van der Waals surface area contributed by atoms with E-state index in [1.54, 1.807) is 0 Å². The molecular formula is C28H24N4O. The second-order valence-corrected chi connectivity index (χ2v) is 8.01. The Balaban J connectivity index is 1.29. The number of nitrogens with one attached hydrogen (secondary N) is 3. The van der Waals surface area contributed by atoms with E-state index in [-0.39, 0.29) is 6.03 Å². The van der Waals surface area contributed by atoms with Gasteiger partial charge in [-0.15, -0.1) is 0 Å². The fourth-order valence-electron chi connectivity index (χ4n) is 3.86. The molecule has 0 radical (unpaired) electrons. The van der Waals surface area contributed by atoms with E-state index in [1.165, 1.54) is 0 Å². The van der Waals surface area contributed by atoms with Gasteiger partial charge < -0.3 is 15.6 Å². The lowest BCUT2D eigenvalue weighted by Gasteiger charge is -2.09. The zero-order valence-corrected chi connectivity index (χ0v) is 18.3. The average molecular weight is 433 g/mol. The maximum atomic E-state index is 12.2. The molecule has 0 aliphatic rings. The highest BCUT2D eigenvalue weighted by Gasteiger charge is 2.09. The van der Waals surface area contributed by atoms with Crippen LogP contribution in [0.3, 0.4) is 0 Å². The van der Waals surface area contributed by atoms with E-state index in [1.807, 2.05) is 72.8 Å². The number of urea groups is 1. The van der Waals surface area contributed by atoms with Gasteiger partial charge in [0.15, 0.2) is 0 Å². The van der Waals surface area contributed by atoms with Gasteiger partial charge in [-0.1, -0.05) is 72.8 Å². The van der Waals surface area contributed by atoms with Crippen molar-refractivity contribution in [3.63, 3.8) is 0 Å². The fraction of sp³-hybridized carbons (Fsp3) is 0.0714. The molecule has 5 aromatic rings. The number of hydrogen-bond donors (Lipinski definition) is 3. The molecule has 0 fully saturated rings. The third-order valence-electron chi connectivity index (χ3n) is 5.62. The lowest BCUT2D eigenvalue weighted by molar-refractivity contribution is 0.251. The standard InChI is InChI=1S/C28H24N4O/c1-19-7-5-12-25-26(19)32-27(31-25)23-11-6-10-22(17-23)21-13-15-24(16-14-21)30-28(33)29-18-20-8-3-2-4-9-20/h2-17H,18H2,1H3,(H,31,32)(H2,29,30,33). The van der Waals surface area contributed by atoms with E-state index in [0.717, 1.165) is 50.4 Å². The Hall–Kier alpha value is -4.38. The van der Waals surface area contributed by atoms with Crippen LogP contribution in [0.5, 0.6) is 0 Å². The quantitative estimate of drug-likeness (QED) is 0.296. The SMILES string of the molecule is Cc1cccc2[nH]c(-c3cccc(-c4ccc(NC(=O)NCc5ccccc5)cc4)c3)nc12. The molecular weight excluding hydrogens is 408 g/mol. The van der Waals surface area contributed by atoms with Crippen LogP contribution in [-0.2, 0) is 6.54 Å². The first-order valence-electron chi connectivity index (χ1n) is 10.9. The van der Waals surface area contributed by atoms with Crippen molar-refractivity contribution in [2.24, 2.45) is 0 Å². The summed E-state index contributed by atoms with van der Waals surface area (Å²) in [4.78, 5) is 20.4. The molecule has 0 aliphatic heterocycles. The number of hydrogen-bond acceptors (Lipinski definition) is 2. The van der Waals surface area contributed by atoms with Crippen molar-refractivity contribution in [2.45, 2.75) is 13.5 Å². The second-order valence-electron chi connectivity index (χ2n) is 8.01. The number of carbonyl (C=O) groups excluding carboxylic acids is 1. The van der Waals surface area contributed by atoms with Gasteiger partial charge in [0.05, 0.1) is 11.0 Å². The number of carbonyl (C=O) groups is 1. The van der Waals surface area contributed by atoms with Crippen LogP contribution < -0.4 is 10.6 Å². The summed E-state index contributed by atoms with van der Waals surface area (Å²) in [5.74, 6) is 0.856. The monoisotopic (exact) mass is 432 g/mol. The van der Waals surface area contributed by atoms with Gasteiger partial charge in [0.2, 0.25) is 0 Å². The van der Waals surface area contributed by atoms with Crippen LogP contribution in [0.4, 0.5) is 10.5 Å². The van der Waals surface area contributed by atoms with E-state index in [4.69, 9.17) is 4.98 Å². The molecule has 0 bridgehead atoms. The Kier molecular flexibility index (Phi) is 5.60. The predicted octanol–water partition coefficient (Wildman–Crippen LogP) is 6.53. The molecule has 5 nitrogen and oxygen atoms in total. The van der Waals surface area contributed by atoms with Crippen molar-refractivity contribution < 1.29 is 4.79 Å². The van der Waals surface area contributed by atoms with Gasteiger partial charge in [0.25, 0.3) is 0 Å². The number of nitrogens with zero attached hydrogens (tertiary/aromatic N) is 1. The number of benzene rings is 4. The molecule has 2 amide bonds. The fourth-order valence-corrected chi connectivity index (χ4v) is 3.86. The van der Waals surface area contributed by atoms with Gasteiger partial charge in [0.1, 0.15) is 5.82 Å². The van der Waals surface area contributed by atoms with Crippen molar-refractivity contribution in [3.8, 4) is 22.5 Å². The first-order chi connectivity index (χ1) is 16.2. The summed E-state index contributed by atoms with van der Waals surface area (Å²) < 4.78 is 0. The first kappa shape index (κ1) is 20.5. The Bertz CT molecular complexity index is 1410. The molecule has 0 unspecified atom stereocenters. The molecule has 5 heteroatoms. The van der Waals surface area contributed by atoms with Crippen molar-refractivity contribution >= 4 is 22.8 Å². The van der Waals surface area contributed by atoms with E-state index >= 15 is 0 Å². The van der Waals surface area contributed by atoms with Crippen molar-refractivity contribution in [1.29, 1.82) is 0 Å². The molecule has 0 aliphatic carbocycles. The Morgan fingerprint density at radius 2 is 1.58 bits per heavy atom. The summed E-state index contributed by atoms with van der Waals surface area (Å²) in [5, 5.41) is 5.76. The molecule has 0 spiro atoms. The third-order valence-corrected chi connectivity index (χ3v) is 5.62. The molecule has 33 heavy (non-hydrogen) atoms. The molecule has 0 atom stereocenters. The minimum absolute atomic E-state index is 0.228. The van der Waals surface area contributed by atoms with Gasteiger partial charge in [-0.3, -0.25) is 0 Å². The van der Waals surface area contributed by atoms with Crippen LogP contribution in [-0.4, -0.2) is 16.0 Å². The highest BCUT2D eigenvalue weighted by molar-refractivity contribution is 5.89. The van der Waals surface area contributed by atoms with E-state index in [0.29, 0.717) is 6.54 Å². The number of imidazole rings is 1. The van der Waals surface area contributed by atoms with Gasteiger partial charge in [-0.05, 0) is 53.4 Å². The largest absolute Gasteiger partial charge is 0.338 e. The van der Waals surface area contributed by atoms with Crippen LogP contribution in [0.1, 0.15) is 11.1 Å². The number of aryl methyl sites for hydroxylation is 1. The number of amides is 2. The molecule has 1 aromatic heterocycles. The molecule has 4 aromatic carbocycles. The Morgan fingerprint density at radius 3 is 2.36 bits per heavy atom. The highest BCUT2D eigenvalue weighted by atomic mass is 16.2. The maximum Gasteiger partial charge on any atom is 0.319 e. The number of anilines is 1. The van der Waals surface area contributed by atoms with Crippen molar-refractivity contribution in [2.75, 3.05) is 5.32 Å². The zero-order chi connectivity index (χ0) is 22.6. The van der Waals surface area contributed by atoms with E-state index in [9.17, 15) is 4.79 Å². The number of aromatic nitrogens is 2. The van der Waals surface area contributed by atoms with Crippen LogP contribution in [0.2, 0.25) is 0 Å². The van der Waals surface area contributed by atoms with Gasteiger partial charge in [-0.2, -0.15) is 0 Å². The van der Waals surface area contributed by atoms with Crippen molar-refractivity contribution in [3.05, 3.63) is 108 Å². The number of para-hydroxylation sites is 1. The van der Waals surface area contributed by atoms with Crippen LogP contribution >= 0.6 is 0 Å². The number of aromatic amines is 1. The Morgan fingerprint density at radius 1 is 0.818 bits per heavy atom. The summed E-state index contributed by atoms with van der Waals surface area (Å²) >= 11 is 0. The summed E-state index contributed by atoms with van der Waals surface area (Å²) in [5.41, 5.74) is 8.18. The average Bonchev–Trinajstić information content (AvgIpc) is 3.30. The van der Waals surface area contributed by atoms with Gasteiger partial charge in [-0.25, -0.2) is 9.78 Å². The van der Waals surface area contributed by atoms with Crippen molar-refractivity contribution in [1.82, 2.24) is 15.3 Å². The molecule has 162 valence electrons. The maximum absolute atomic E-state index is 12.2. The smallest absolute Gasteiger partial charge is 0.319 e. The summed E-state index contributed by atoms with van der Waals surface area (Å²) in [6.45, 7) is 2.56. The minimum atomic E-state index is -0.228. The topological polar surface area (TPSA) is 69.8 Å². The highest BCUT2D eigenvalue weighted by Crippen LogP contribution is 2.28. The summed E-state index contributed by atoms with van der Waals surface area (Å²) in [7, 11) is 0.